The van der Waals surface area contributed by atoms with Gasteiger partial charge in [-0.2, -0.15) is 4.31 Å². The van der Waals surface area contributed by atoms with Crippen LogP contribution in [0.3, 0.4) is 0 Å². The highest BCUT2D eigenvalue weighted by Crippen LogP contribution is 2.14. The fourth-order valence-electron chi connectivity index (χ4n) is 2.08. The molecule has 0 atom stereocenters. The van der Waals surface area contributed by atoms with Crippen molar-refractivity contribution in [3.8, 4) is 0 Å². The zero-order chi connectivity index (χ0) is 15.5. The molecule has 1 aliphatic rings. The van der Waals surface area contributed by atoms with Crippen molar-refractivity contribution in [2.45, 2.75) is 4.90 Å². The molecular weight excluding hydrogens is 297 g/mol. The Hall–Kier alpha value is -1.51. The number of sulfonamides is 1. The number of benzene rings is 1. The molecule has 0 unspecified atom stereocenters. The van der Waals surface area contributed by atoms with E-state index in [0.717, 1.165) is 16.4 Å². The van der Waals surface area contributed by atoms with Gasteiger partial charge < -0.3 is 10.2 Å². The van der Waals surface area contributed by atoms with E-state index < -0.39 is 15.8 Å². The second kappa shape index (κ2) is 6.50. The molecule has 8 heteroatoms. The van der Waals surface area contributed by atoms with Gasteiger partial charge in [-0.1, -0.05) is 0 Å². The van der Waals surface area contributed by atoms with Gasteiger partial charge in [-0.15, -0.1) is 0 Å². The summed E-state index contributed by atoms with van der Waals surface area (Å²) in [5.41, 5.74) is 0. The number of likely N-dealkylation sites (N-methyl/N-ethyl adjacent to an activating group) is 1. The van der Waals surface area contributed by atoms with Crippen LogP contribution in [0.4, 0.5) is 4.39 Å². The highest BCUT2D eigenvalue weighted by molar-refractivity contribution is 7.89. The first-order valence-electron chi connectivity index (χ1n) is 6.61. The third-order valence-electron chi connectivity index (χ3n) is 3.35. The Morgan fingerprint density at radius 1 is 1.29 bits per heavy atom. The first-order chi connectivity index (χ1) is 9.91. The Kier molecular flexibility index (Phi) is 4.92. The zero-order valence-corrected chi connectivity index (χ0v) is 12.6. The molecule has 1 saturated heterocycles. The van der Waals surface area contributed by atoms with Gasteiger partial charge in [-0.3, -0.25) is 4.79 Å². The van der Waals surface area contributed by atoms with Crippen LogP contribution < -0.4 is 5.32 Å². The smallest absolute Gasteiger partial charge is 0.243 e. The minimum Gasteiger partial charge on any atom is -0.339 e. The number of hydrogen-bond acceptors (Lipinski definition) is 4. The van der Waals surface area contributed by atoms with Crippen LogP contribution in [0.1, 0.15) is 0 Å². The van der Waals surface area contributed by atoms with Crippen molar-refractivity contribution in [1.82, 2.24) is 14.5 Å². The van der Waals surface area contributed by atoms with E-state index in [1.165, 1.54) is 19.2 Å². The first-order valence-corrected chi connectivity index (χ1v) is 8.05. The molecule has 6 nitrogen and oxygen atoms in total. The van der Waals surface area contributed by atoms with Crippen molar-refractivity contribution in [2.24, 2.45) is 0 Å². The van der Waals surface area contributed by atoms with Gasteiger partial charge in [-0.05, 0) is 24.3 Å². The number of piperazine rings is 1. The van der Waals surface area contributed by atoms with Crippen molar-refractivity contribution in [1.29, 1.82) is 0 Å². The molecule has 0 radical (unpaired) electrons. The lowest BCUT2D eigenvalue weighted by Crippen LogP contribution is -2.49. The van der Waals surface area contributed by atoms with Crippen LogP contribution in [0.25, 0.3) is 0 Å². The molecule has 2 rings (SSSR count). The van der Waals surface area contributed by atoms with Crippen molar-refractivity contribution >= 4 is 15.9 Å². The molecule has 0 aromatic heterocycles. The van der Waals surface area contributed by atoms with Gasteiger partial charge >= 0.3 is 0 Å². The molecule has 1 aliphatic heterocycles. The van der Waals surface area contributed by atoms with Gasteiger partial charge in [0.1, 0.15) is 5.82 Å². The lowest BCUT2D eigenvalue weighted by Gasteiger charge is -2.29. The summed E-state index contributed by atoms with van der Waals surface area (Å²) >= 11 is 0. The van der Waals surface area contributed by atoms with Gasteiger partial charge in [0, 0.05) is 33.2 Å². The highest BCUT2D eigenvalue weighted by atomic mass is 32.2. The van der Waals surface area contributed by atoms with E-state index in [-0.39, 0.29) is 17.3 Å². The predicted octanol–water partition coefficient (Wildman–Crippen LogP) is -0.122. The van der Waals surface area contributed by atoms with E-state index >= 15 is 0 Å². The summed E-state index contributed by atoms with van der Waals surface area (Å²) in [7, 11) is -2.44. The number of amides is 1. The lowest BCUT2D eigenvalue weighted by atomic mass is 10.3. The molecule has 0 saturated carbocycles. The first kappa shape index (κ1) is 15.9. The Balaban J connectivity index is 2.06. The SMILES string of the molecule is CN(CC(=O)N1CCNCC1)S(=O)(=O)c1ccc(F)cc1. The molecule has 1 fully saturated rings. The quantitative estimate of drug-likeness (QED) is 0.841. The average molecular weight is 315 g/mol. The van der Waals surface area contributed by atoms with E-state index in [1.54, 1.807) is 4.90 Å². The van der Waals surface area contributed by atoms with E-state index in [1.807, 2.05) is 0 Å². The maximum Gasteiger partial charge on any atom is 0.243 e. The number of hydrogen-bond donors (Lipinski definition) is 1. The molecule has 0 bridgehead atoms. The molecule has 0 aliphatic carbocycles. The monoisotopic (exact) mass is 315 g/mol. The van der Waals surface area contributed by atoms with Crippen LogP contribution in [0.2, 0.25) is 0 Å². The van der Waals surface area contributed by atoms with Gasteiger partial charge in [0.25, 0.3) is 0 Å². The van der Waals surface area contributed by atoms with Crippen LogP contribution in [-0.4, -0.2) is 63.3 Å². The summed E-state index contributed by atoms with van der Waals surface area (Å²) in [5, 5.41) is 3.12. The molecule has 1 N–H and O–H groups in total. The number of halogens is 1. The van der Waals surface area contributed by atoms with Crippen LogP contribution >= 0.6 is 0 Å². The summed E-state index contributed by atoms with van der Waals surface area (Å²) in [5.74, 6) is -0.738. The number of carbonyl (C=O) groups excluding carboxylic acids is 1. The van der Waals surface area contributed by atoms with Crippen LogP contribution in [-0.2, 0) is 14.8 Å². The van der Waals surface area contributed by atoms with Crippen molar-refractivity contribution in [2.75, 3.05) is 39.8 Å². The summed E-state index contributed by atoms with van der Waals surface area (Å²) in [6.45, 7) is 2.34. The molecule has 1 aromatic rings. The second-order valence-electron chi connectivity index (χ2n) is 4.85. The molecule has 1 aromatic carbocycles. The molecule has 1 amide bonds. The summed E-state index contributed by atoms with van der Waals surface area (Å²) in [6.07, 6.45) is 0. The molecular formula is C13H18FN3O3S. The average Bonchev–Trinajstić information content (AvgIpc) is 2.48. The largest absolute Gasteiger partial charge is 0.339 e. The maximum atomic E-state index is 12.9. The normalized spacial score (nSPS) is 16.2. The number of rotatable bonds is 4. The summed E-state index contributed by atoms with van der Waals surface area (Å²) in [6, 6.07) is 4.55. The fourth-order valence-corrected chi connectivity index (χ4v) is 3.20. The highest BCUT2D eigenvalue weighted by Gasteiger charge is 2.25. The van der Waals surface area contributed by atoms with E-state index in [0.29, 0.717) is 26.2 Å². The second-order valence-corrected chi connectivity index (χ2v) is 6.89. The molecule has 116 valence electrons. The molecule has 1 heterocycles. The van der Waals surface area contributed by atoms with Crippen LogP contribution in [0, 0.1) is 5.82 Å². The standard InChI is InChI=1S/C13H18FN3O3S/c1-16(10-13(18)17-8-6-15-7-9-17)21(19,20)12-4-2-11(14)3-5-12/h2-5,15H,6-10H2,1H3. The summed E-state index contributed by atoms with van der Waals surface area (Å²) < 4.78 is 38.4. The van der Waals surface area contributed by atoms with Gasteiger partial charge in [0.2, 0.25) is 15.9 Å². The molecule has 0 spiro atoms. The lowest BCUT2D eigenvalue weighted by molar-refractivity contribution is -0.131. The fraction of sp³-hybridized carbons (Fsp3) is 0.462. The Bertz CT molecular complexity index is 598. The van der Waals surface area contributed by atoms with E-state index in [9.17, 15) is 17.6 Å². The minimum absolute atomic E-state index is 0.0282. The predicted molar refractivity (Wildman–Crippen MR) is 75.7 cm³/mol. The third-order valence-corrected chi connectivity index (χ3v) is 5.17. The van der Waals surface area contributed by atoms with Crippen LogP contribution in [0.15, 0.2) is 29.2 Å². The minimum atomic E-state index is -3.79. The van der Waals surface area contributed by atoms with E-state index in [4.69, 9.17) is 0 Å². The molecule has 21 heavy (non-hydrogen) atoms. The summed E-state index contributed by atoms with van der Waals surface area (Å²) in [4.78, 5) is 13.7. The maximum absolute atomic E-state index is 12.9. The van der Waals surface area contributed by atoms with E-state index in [2.05, 4.69) is 5.32 Å². The zero-order valence-electron chi connectivity index (χ0n) is 11.8. The van der Waals surface area contributed by atoms with Gasteiger partial charge in [0.15, 0.2) is 0 Å². The Morgan fingerprint density at radius 3 is 2.43 bits per heavy atom. The van der Waals surface area contributed by atoms with Crippen molar-refractivity contribution < 1.29 is 17.6 Å². The van der Waals surface area contributed by atoms with Gasteiger partial charge in [0.05, 0.1) is 11.4 Å². The van der Waals surface area contributed by atoms with Crippen molar-refractivity contribution in [3.63, 3.8) is 0 Å². The Morgan fingerprint density at radius 2 is 1.86 bits per heavy atom. The number of nitrogens with one attached hydrogen (secondary N) is 1. The number of carbonyl (C=O) groups is 1. The Labute approximate surface area is 123 Å². The third kappa shape index (κ3) is 3.78. The van der Waals surface area contributed by atoms with Gasteiger partial charge in [-0.25, -0.2) is 12.8 Å². The number of nitrogens with zero attached hydrogens (tertiary/aromatic N) is 2. The van der Waals surface area contributed by atoms with Crippen molar-refractivity contribution in [3.05, 3.63) is 30.1 Å². The van der Waals surface area contributed by atoms with Crippen LogP contribution in [0.5, 0.6) is 0 Å². The topological polar surface area (TPSA) is 69.7 Å².